The van der Waals surface area contributed by atoms with Gasteiger partial charge in [-0.15, -0.1) is 0 Å². The van der Waals surface area contributed by atoms with Crippen LogP contribution in [0.1, 0.15) is 101 Å². The molecular weight excluding hydrogens is 218 g/mol. The molecule has 0 aliphatic heterocycles. The van der Waals surface area contributed by atoms with Crippen molar-refractivity contribution in [2.24, 2.45) is 0 Å². The number of rotatable bonds is 4. The zero-order chi connectivity index (χ0) is 14.0. The number of nitrogens with zero attached hydrogens (tertiary/aromatic N) is 1. The average Bonchev–Trinajstić information content (AvgIpc) is 2.26. The Hall–Kier alpha value is -0.850. The van der Waals surface area contributed by atoms with Crippen LogP contribution in [0.15, 0.2) is 6.20 Å². The monoisotopic (exact) mass is 247 g/mol. The Kier molecular flexibility index (Phi) is 4.95. The molecule has 0 spiro atoms. The highest BCUT2D eigenvalue weighted by Gasteiger charge is 2.22. The van der Waals surface area contributed by atoms with Gasteiger partial charge < -0.3 is 0 Å². The number of aromatic nitrogens is 1. The van der Waals surface area contributed by atoms with Gasteiger partial charge in [0.05, 0.1) is 0 Å². The molecule has 0 aliphatic carbocycles. The molecule has 1 aromatic rings. The molecule has 0 fully saturated rings. The molecule has 0 unspecified atom stereocenters. The largest absolute Gasteiger partial charge is 0.260 e. The van der Waals surface area contributed by atoms with Gasteiger partial charge in [-0.1, -0.05) is 55.4 Å². The van der Waals surface area contributed by atoms with Crippen LogP contribution in [0.4, 0.5) is 0 Å². The maximum atomic E-state index is 4.76. The fourth-order valence-corrected chi connectivity index (χ4v) is 2.74. The summed E-state index contributed by atoms with van der Waals surface area (Å²) in [6.07, 6.45) is 2.11. The molecule has 0 saturated heterocycles. The second kappa shape index (κ2) is 5.86. The molecule has 1 aromatic heterocycles. The zero-order valence-corrected chi connectivity index (χ0v) is 13.3. The minimum atomic E-state index is 0.501. The fraction of sp³-hybridized carbons (Fsp3) is 0.706. The van der Waals surface area contributed by atoms with Crippen LogP contribution >= 0.6 is 0 Å². The SMILES string of the molecule is CC(C)c1cnc(C(C)C)c(C(C)C)c1C(C)C. The van der Waals surface area contributed by atoms with E-state index in [9.17, 15) is 0 Å². The Labute approximate surface area is 113 Å². The first-order valence-corrected chi connectivity index (χ1v) is 7.29. The molecule has 0 atom stereocenters. The van der Waals surface area contributed by atoms with Crippen molar-refractivity contribution in [1.29, 1.82) is 0 Å². The van der Waals surface area contributed by atoms with E-state index in [1.165, 1.54) is 16.8 Å². The molecule has 1 heteroatoms. The van der Waals surface area contributed by atoms with E-state index in [0.717, 1.165) is 0 Å². The van der Waals surface area contributed by atoms with Crippen molar-refractivity contribution in [3.63, 3.8) is 0 Å². The Balaban J connectivity index is 3.60. The smallest absolute Gasteiger partial charge is 0.0466 e. The molecule has 0 N–H and O–H groups in total. The van der Waals surface area contributed by atoms with Crippen molar-refractivity contribution in [3.05, 3.63) is 28.6 Å². The lowest BCUT2D eigenvalue weighted by molar-refractivity contribution is 0.697. The Morgan fingerprint density at radius 1 is 0.667 bits per heavy atom. The first-order chi connectivity index (χ1) is 8.27. The quantitative estimate of drug-likeness (QED) is 0.677. The summed E-state index contributed by atoms with van der Waals surface area (Å²) in [7, 11) is 0. The second-order valence-electron chi connectivity index (χ2n) is 6.54. The Bertz CT molecular complexity index is 361. The number of pyridine rings is 1. The van der Waals surface area contributed by atoms with Crippen molar-refractivity contribution in [3.8, 4) is 0 Å². The van der Waals surface area contributed by atoms with Gasteiger partial charge in [-0.2, -0.15) is 0 Å². The van der Waals surface area contributed by atoms with Crippen LogP contribution in [-0.2, 0) is 0 Å². The molecule has 102 valence electrons. The fourth-order valence-electron chi connectivity index (χ4n) is 2.74. The molecule has 0 aliphatic rings. The van der Waals surface area contributed by atoms with Crippen molar-refractivity contribution in [1.82, 2.24) is 4.98 Å². The van der Waals surface area contributed by atoms with Crippen LogP contribution in [0.3, 0.4) is 0 Å². The summed E-state index contributed by atoms with van der Waals surface area (Å²) in [4.78, 5) is 4.76. The maximum absolute atomic E-state index is 4.76. The first-order valence-electron chi connectivity index (χ1n) is 7.29. The first kappa shape index (κ1) is 15.2. The lowest BCUT2D eigenvalue weighted by Crippen LogP contribution is -2.12. The van der Waals surface area contributed by atoms with Crippen LogP contribution in [0.25, 0.3) is 0 Å². The summed E-state index contributed by atoms with van der Waals surface area (Å²) in [5.74, 6) is 2.17. The molecule has 1 nitrogen and oxygen atoms in total. The third-order valence-electron chi connectivity index (χ3n) is 3.54. The van der Waals surface area contributed by atoms with E-state index in [4.69, 9.17) is 4.98 Å². The second-order valence-corrected chi connectivity index (χ2v) is 6.54. The summed E-state index contributed by atoms with van der Waals surface area (Å²) in [6.45, 7) is 18.2. The zero-order valence-electron chi connectivity index (χ0n) is 13.3. The minimum Gasteiger partial charge on any atom is -0.260 e. The van der Waals surface area contributed by atoms with Crippen molar-refractivity contribution >= 4 is 0 Å². The third kappa shape index (κ3) is 2.93. The van der Waals surface area contributed by atoms with E-state index in [1.54, 1.807) is 5.56 Å². The summed E-state index contributed by atoms with van der Waals surface area (Å²) in [5.41, 5.74) is 5.75. The lowest BCUT2D eigenvalue weighted by Gasteiger charge is -2.26. The molecule has 0 saturated carbocycles. The summed E-state index contributed by atoms with van der Waals surface area (Å²) >= 11 is 0. The average molecular weight is 247 g/mol. The highest BCUT2D eigenvalue weighted by molar-refractivity contribution is 5.43. The number of hydrogen-bond acceptors (Lipinski definition) is 1. The predicted octanol–water partition coefficient (Wildman–Crippen LogP) is 5.58. The van der Waals surface area contributed by atoms with Gasteiger partial charge in [-0.25, -0.2) is 0 Å². The minimum absolute atomic E-state index is 0.501. The Morgan fingerprint density at radius 3 is 1.50 bits per heavy atom. The van der Waals surface area contributed by atoms with Gasteiger partial charge >= 0.3 is 0 Å². The highest BCUT2D eigenvalue weighted by Crippen LogP contribution is 2.36. The van der Waals surface area contributed by atoms with Crippen molar-refractivity contribution < 1.29 is 0 Å². The van der Waals surface area contributed by atoms with E-state index in [0.29, 0.717) is 23.7 Å². The van der Waals surface area contributed by atoms with Gasteiger partial charge in [-0.3, -0.25) is 4.98 Å². The molecule has 1 heterocycles. The van der Waals surface area contributed by atoms with Crippen molar-refractivity contribution in [2.45, 2.75) is 79.1 Å². The standard InChI is InChI=1S/C17H29N/c1-10(2)14-9-18-17(13(7)8)16(12(5)6)15(14)11(3)4/h9-13H,1-8H3. The molecule has 0 aromatic carbocycles. The molecule has 0 amide bonds. The van der Waals surface area contributed by atoms with Crippen LogP contribution < -0.4 is 0 Å². The molecule has 0 bridgehead atoms. The van der Waals surface area contributed by atoms with E-state index in [-0.39, 0.29) is 0 Å². The normalized spacial score (nSPS) is 12.2. The van der Waals surface area contributed by atoms with Crippen LogP contribution in [0.5, 0.6) is 0 Å². The van der Waals surface area contributed by atoms with Crippen molar-refractivity contribution in [2.75, 3.05) is 0 Å². The van der Waals surface area contributed by atoms with Crippen LogP contribution in [0.2, 0.25) is 0 Å². The maximum Gasteiger partial charge on any atom is 0.0466 e. The highest BCUT2D eigenvalue weighted by atomic mass is 14.7. The number of hydrogen-bond donors (Lipinski definition) is 0. The molecule has 1 rings (SSSR count). The van der Waals surface area contributed by atoms with Crippen LogP contribution in [0, 0.1) is 0 Å². The van der Waals surface area contributed by atoms with Gasteiger partial charge in [0.25, 0.3) is 0 Å². The van der Waals surface area contributed by atoms with E-state index in [1.807, 2.05) is 0 Å². The van der Waals surface area contributed by atoms with Gasteiger partial charge in [0.2, 0.25) is 0 Å². The van der Waals surface area contributed by atoms with Gasteiger partial charge in [0, 0.05) is 11.9 Å². The molecular formula is C17H29N. The summed E-state index contributed by atoms with van der Waals surface area (Å²) in [6, 6.07) is 0. The lowest BCUT2D eigenvalue weighted by atomic mass is 9.81. The topological polar surface area (TPSA) is 12.9 Å². The van der Waals surface area contributed by atoms with E-state index < -0.39 is 0 Å². The van der Waals surface area contributed by atoms with Gasteiger partial charge in [0.15, 0.2) is 0 Å². The molecule has 0 radical (unpaired) electrons. The summed E-state index contributed by atoms with van der Waals surface area (Å²) in [5, 5.41) is 0. The Morgan fingerprint density at radius 2 is 1.17 bits per heavy atom. The van der Waals surface area contributed by atoms with Crippen LogP contribution in [-0.4, -0.2) is 4.98 Å². The van der Waals surface area contributed by atoms with Gasteiger partial charge in [-0.05, 0) is 40.4 Å². The molecule has 18 heavy (non-hydrogen) atoms. The van der Waals surface area contributed by atoms with E-state index in [2.05, 4.69) is 61.6 Å². The van der Waals surface area contributed by atoms with E-state index >= 15 is 0 Å². The van der Waals surface area contributed by atoms with Gasteiger partial charge in [0.1, 0.15) is 0 Å². The summed E-state index contributed by atoms with van der Waals surface area (Å²) < 4.78 is 0. The third-order valence-corrected chi connectivity index (χ3v) is 3.54. The predicted molar refractivity (Wildman–Crippen MR) is 80.6 cm³/mol.